The van der Waals surface area contributed by atoms with Crippen molar-refractivity contribution in [2.75, 3.05) is 18.4 Å². The van der Waals surface area contributed by atoms with Crippen LogP contribution in [-0.2, 0) is 10.0 Å². The lowest BCUT2D eigenvalue weighted by molar-refractivity contribution is 0.102. The summed E-state index contributed by atoms with van der Waals surface area (Å²) in [5.74, 6) is -0.336. The third-order valence-electron chi connectivity index (χ3n) is 3.17. The third kappa shape index (κ3) is 2.69. The third-order valence-corrected chi connectivity index (χ3v) is 6.15. The minimum absolute atomic E-state index is 0.0476. The van der Waals surface area contributed by atoms with E-state index in [1.54, 1.807) is 5.38 Å². The second kappa shape index (κ2) is 5.54. The van der Waals surface area contributed by atoms with E-state index in [0.717, 1.165) is 24.2 Å². The molecule has 2 aromatic heterocycles. The lowest BCUT2D eigenvalue weighted by Crippen LogP contribution is -2.29. The predicted octanol–water partition coefficient (Wildman–Crippen LogP) is 0.903. The molecule has 1 aliphatic heterocycles. The van der Waals surface area contributed by atoms with E-state index in [9.17, 15) is 13.2 Å². The Morgan fingerprint density at radius 3 is 2.81 bits per heavy atom. The zero-order valence-electron chi connectivity index (χ0n) is 10.9. The van der Waals surface area contributed by atoms with E-state index >= 15 is 0 Å². The first kappa shape index (κ1) is 14.2. The van der Waals surface area contributed by atoms with Crippen molar-refractivity contribution < 1.29 is 13.2 Å². The zero-order valence-corrected chi connectivity index (χ0v) is 12.6. The highest BCUT2D eigenvalue weighted by atomic mass is 32.2. The van der Waals surface area contributed by atoms with Gasteiger partial charge in [-0.25, -0.2) is 13.5 Å². The summed E-state index contributed by atoms with van der Waals surface area (Å²) in [5.41, 5.74) is 0. The van der Waals surface area contributed by atoms with Crippen LogP contribution < -0.4 is 5.32 Å². The standard InChI is InChI=1S/C11H13N5O3S2/c17-10(14-11-12-7-13-15-11)9-8(3-6-20-9)21(18,19)16-4-1-2-5-16/h3,6-7H,1-2,4-5H2,(H2,12,13,14,15,17). The molecule has 0 aliphatic carbocycles. The van der Waals surface area contributed by atoms with Gasteiger partial charge in [0.15, 0.2) is 0 Å². The van der Waals surface area contributed by atoms with Gasteiger partial charge in [0.25, 0.3) is 5.91 Å². The fraction of sp³-hybridized carbons (Fsp3) is 0.364. The Bertz CT molecular complexity index is 732. The fourth-order valence-electron chi connectivity index (χ4n) is 2.16. The van der Waals surface area contributed by atoms with Crippen LogP contribution in [0.2, 0.25) is 0 Å². The monoisotopic (exact) mass is 327 g/mol. The zero-order chi connectivity index (χ0) is 14.9. The van der Waals surface area contributed by atoms with E-state index < -0.39 is 15.9 Å². The molecule has 21 heavy (non-hydrogen) atoms. The number of hydrogen-bond donors (Lipinski definition) is 2. The Labute approximate surface area is 125 Å². The van der Waals surface area contributed by atoms with Gasteiger partial charge in [-0.1, -0.05) is 0 Å². The van der Waals surface area contributed by atoms with Gasteiger partial charge < -0.3 is 0 Å². The second-order valence-electron chi connectivity index (χ2n) is 4.51. The molecule has 3 heterocycles. The Morgan fingerprint density at radius 2 is 2.14 bits per heavy atom. The highest BCUT2D eigenvalue weighted by Crippen LogP contribution is 2.27. The average Bonchev–Trinajstić information content (AvgIpc) is 3.20. The van der Waals surface area contributed by atoms with Gasteiger partial charge in [0.1, 0.15) is 16.1 Å². The molecule has 0 atom stereocenters. The predicted molar refractivity (Wildman–Crippen MR) is 76.6 cm³/mol. The molecule has 10 heteroatoms. The highest BCUT2D eigenvalue weighted by Gasteiger charge is 2.31. The second-order valence-corrected chi connectivity index (χ2v) is 7.34. The molecule has 0 bridgehead atoms. The highest BCUT2D eigenvalue weighted by molar-refractivity contribution is 7.89. The lowest BCUT2D eigenvalue weighted by atomic mass is 10.4. The SMILES string of the molecule is O=C(Nc1ncn[nH]1)c1sccc1S(=O)(=O)N1CCCC1. The van der Waals surface area contributed by atoms with Crippen LogP contribution in [0.5, 0.6) is 0 Å². The van der Waals surface area contributed by atoms with E-state index in [1.807, 2.05) is 0 Å². The minimum atomic E-state index is -3.61. The summed E-state index contributed by atoms with van der Waals surface area (Å²) in [6.45, 7) is 1.00. The number of carbonyl (C=O) groups is 1. The van der Waals surface area contributed by atoms with Gasteiger partial charge in [0.05, 0.1) is 0 Å². The maximum absolute atomic E-state index is 12.5. The van der Waals surface area contributed by atoms with Crippen molar-refractivity contribution in [1.82, 2.24) is 19.5 Å². The molecule has 0 aromatic carbocycles. The molecule has 0 spiro atoms. The number of H-pyrrole nitrogens is 1. The van der Waals surface area contributed by atoms with Crippen LogP contribution in [-0.4, -0.2) is 46.9 Å². The summed E-state index contributed by atoms with van der Waals surface area (Å²) in [7, 11) is -3.61. The summed E-state index contributed by atoms with van der Waals surface area (Å²) in [6.07, 6.45) is 2.96. The van der Waals surface area contributed by atoms with Crippen LogP contribution >= 0.6 is 11.3 Å². The summed E-state index contributed by atoms with van der Waals surface area (Å²) in [6, 6.07) is 1.47. The minimum Gasteiger partial charge on any atom is -0.290 e. The van der Waals surface area contributed by atoms with E-state index in [1.165, 1.54) is 16.7 Å². The molecule has 1 fully saturated rings. The molecule has 3 rings (SSSR count). The molecule has 0 saturated carbocycles. The van der Waals surface area contributed by atoms with Crippen molar-refractivity contribution >= 4 is 33.2 Å². The average molecular weight is 327 g/mol. The maximum Gasteiger partial charge on any atom is 0.269 e. The summed E-state index contributed by atoms with van der Waals surface area (Å²) < 4.78 is 26.5. The van der Waals surface area contributed by atoms with Gasteiger partial charge in [-0.05, 0) is 24.3 Å². The van der Waals surface area contributed by atoms with Gasteiger partial charge in [-0.2, -0.15) is 14.4 Å². The number of sulfonamides is 1. The molecule has 112 valence electrons. The van der Waals surface area contributed by atoms with Crippen LogP contribution in [0.3, 0.4) is 0 Å². The summed E-state index contributed by atoms with van der Waals surface area (Å²) in [4.78, 5) is 16.2. The molecule has 8 nitrogen and oxygen atoms in total. The van der Waals surface area contributed by atoms with Crippen LogP contribution in [0, 0.1) is 0 Å². The van der Waals surface area contributed by atoms with Gasteiger partial charge in [-0.15, -0.1) is 11.3 Å². The summed E-state index contributed by atoms with van der Waals surface area (Å²) in [5, 5.41) is 10.2. The first-order valence-corrected chi connectivity index (χ1v) is 8.65. The molecular weight excluding hydrogens is 314 g/mol. The van der Waals surface area contributed by atoms with Crippen molar-refractivity contribution in [1.29, 1.82) is 0 Å². The molecule has 1 aliphatic rings. The number of nitrogens with zero attached hydrogens (tertiary/aromatic N) is 3. The first-order valence-electron chi connectivity index (χ1n) is 6.33. The molecule has 2 N–H and O–H groups in total. The Kier molecular flexibility index (Phi) is 3.74. The smallest absolute Gasteiger partial charge is 0.269 e. The van der Waals surface area contributed by atoms with Gasteiger partial charge in [0.2, 0.25) is 16.0 Å². The number of aromatic amines is 1. The van der Waals surface area contributed by atoms with Crippen LogP contribution in [0.25, 0.3) is 0 Å². The van der Waals surface area contributed by atoms with E-state index in [0.29, 0.717) is 13.1 Å². The van der Waals surface area contributed by atoms with Crippen molar-refractivity contribution in [3.05, 3.63) is 22.7 Å². The van der Waals surface area contributed by atoms with Crippen molar-refractivity contribution in [3.63, 3.8) is 0 Å². The largest absolute Gasteiger partial charge is 0.290 e. The van der Waals surface area contributed by atoms with E-state index in [-0.39, 0.29) is 15.7 Å². The number of anilines is 1. The topological polar surface area (TPSA) is 108 Å². The number of carbonyl (C=O) groups excluding carboxylic acids is 1. The number of aromatic nitrogens is 3. The van der Waals surface area contributed by atoms with Crippen LogP contribution in [0.1, 0.15) is 22.5 Å². The maximum atomic E-state index is 12.5. The number of rotatable bonds is 4. The Hall–Kier alpha value is -1.78. The summed E-state index contributed by atoms with van der Waals surface area (Å²) >= 11 is 1.09. The van der Waals surface area contributed by atoms with Crippen molar-refractivity contribution in [2.45, 2.75) is 17.7 Å². The number of amides is 1. The number of nitrogens with one attached hydrogen (secondary N) is 2. The fourth-order valence-corrected chi connectivity index (χ4v) is 4.98. The normalized spacial score (nSPS) is 16.2. The van der Waals surface area contributed by atoms with Crippen molar-refractivity contribution in [3.8, 4) is 0 Å². The molecule has 2 aromatic rings. The molecular formula is C11H13N5O3S2. The van der Waals surface area contributed by atoms with Gasteiger partial charge in [-0.3, -0.25) is 10.1 Å². The van der Waals surface area contributed by atoms with Gasteiger partial charge >= 0.3 is 0 Å². The number of thiophene rings is 1. The lowest BCUT2D eigenvalue weighted by Gasteiger charge is -2.15. The van der Waals surface area contributed by atoms with Crippen molar-refractivity contribution in [2.24, 2.45) is 0 Å². The van der Waals surface area contributed by atoms with Crippen LogP contribution in [0.15, 0.2) is 22.7 Å². The van der Waals surface area contributed by atoms with Gasteiger partial charge in [0, 0.05) is 13.1 Å². The molecule has 0 unspecified atom stereocenters. The first-order chi connectivity index (χ1) is 10.1. The molecule has 0 radical (unpaired) electrons. The number of hydrogen-bond acceptors (Lipinski definition) is 6. The Balaban J connectivity index is 1.88. The molecule has 1 amide bonds. The Morgan fingerprint density at radius 1 is 1.38 bits per heavy atom. The quantitative estimate of drug-likeness (QED) is 0.867. The van der Waals surface area contributed by atoms with E-state index in [2.05, 4.69) is 20.5 Å². The van der Waals surface area contributed by atoms with E-state index in [4.69, 9.17) is 0 Å². The molecule has 1 saturated heterocycles. The van der Waals surface area contributed by atoms with Crippen LogP contribution in [0.4, 0.5) is 5.95 Å².